The maximum atomic E-state index is 9.73. The lowest BCUT2D eigenvalue weighted by Gasteiger charge is -2.47. The molecule has 1 heteroatoms. The molecule has 2 rings (SSSR count). The third kappa shape index (κ3) is 0.710. The van der Waals surface area contributed by atoms with Crippen molar-refractivity contribution in [3.8, 4) is 0 Å². The SMILES string of the molecule is OC1(C2CCC2)CCC1. The molecule has 0 saturated heterocycles. The van der Waals surface area contributed by atoms with Crippen molar-refractivity contribution in [2.24, 2.45) is 5.92 Å². The van der Waals surface area contributed by atoms with Gasteiger partial charge in [-0.05, 0) is 38.0 Å². The molecule has 2 saturated carbocycles. The molecule has 52 valence electrons. The molecule has 0 atom stereocenters. The lowest BCUT2D eigenvalue weighted by atomic mass is 9.63. The zero-order valence-electron chi connectivity index (χ0n) is 5.77. The van der Waals surface area contributed by atoms with Crippen LogP contribution in [0.15, 0.2) is 0 Å². The summed E-state index contributed by atoms with van der Waals surface area (Å²) in [6.07, 6.45) is 7.35. The Morgan fingerprint density at radius 2 is 1.78 bits per heavy atom. The van der Waals surface area contributed by atoms with E-state index < -0.39 is 0 Å². The Hall–Kier alpha value is -0.0400. The lowest BCUT2D eigenvalue weighted by molar-refractivity contribution is -0.108. The minimum absolute atomic E-state index is 0.182. The second kappa shape index (κ2) is 1.72. The van der Waals surface area contributed by atoms with Gasteiger partial charge in [0.05, 0.1) is 5.60 Å². The average molecular weight is 126 g/mol. The van der Waals surface area contributed by atoms with Gasteiger partial charge in [0, 0.05) is 0 Å². The normalized spacial score (nSPS) is 33.0. The third-order valence-electron chi connectivity index (χ3n) is 3.08. The van der Waals surface area contributed by atoms with E-state index in [1.165, 1.54) is 25.7 Å². The molecule has 0 aromatic heterocycles. The number of rotatable bonds is 1. The van der Waals surface area contributed by atoms with Crippen molar-refractivity contribution in [3.05, 3.63) is 0 Å². The van der Waals surface area contributed by atoms with Crippen molar-refractivity contribution >= 4 is 0 Å². The van der Waals surface area contributed by atoms with Crippen molar-refractivity contribution in [3.63, 3.8) is 0 Å². The highest BCUT2D eigenvalue weighted by molar-refractivity contribution is 4.96. The Morgan fingerprint density at radius 3 is 1.89 bits per heavy atom. The van der Waals surface area contributed by atoms with Crippen molar-refractivity contribution < 1.29 is 5.11 Å². The molecule has 0 spiro atoms. The Kier molecular flexibility index (Phi) is 1.10. The molecule has 1 N–H and O–H groups in total. The molecule has 0 aromatic rings. The van der Waals surface area contributed by atoms with Gasteiger partial charge in [-0.25, -0.2) is 0 Å². The first kappa shape index (κ1) is 5.72. The van der Waals surface area contributed by atoms with E-state index in [0.29, 0.717) is 5.92 Å². The predicted molar refractivity (Wildman–Crippen MR) is 36.1 cm³/mol. The van der Waals surface area contributed by atoms with Gasteiger partial charge in [0.15, 0.2) is 0 Å². The van der Waals surface area contributed by atoms with Crippen LogP contribution in [0.2, 0.25) is 0 Å². The van der Waals surface area contributed by atoms with E-state index in [1.807, 2.05) is 0 Å². The summed E-state index contributed by atoms with van der Waals surface area (Å²) in [7, 11) is 0. The van der Waals surface area contributed by atoms with Gasteiger partial charge in [0.2, 0.25) is 0 Å². The van der Waals surface area contributed by atoms with E-state index in [1.54, 1.807) is 0 Å². The fraction of sp³-hybridized carbons (Fsp3) is 1.00. The average Bonchev–Trinajstić information content (AvgIpc) is 1.56. The van der Waals surface area contributed by atoms with E-state index >= 15 is 0 Å². The Morgan fingerprint density at radius 1 is 1.11 bits per heavy atom. The molecule has 0 unspecified atom stereocenters. The molecule has 2 aliphatic carbocycles. The van der Waals surface area contributed by atoms with Gasteiger partial charge in [-0.3, -0.25) is 0 Å². The number of hydrogen-bond acceptors (Lipinski definition) is 1. The van der Waals surface area contributed by atoms with E-state index in [4.69, 9.17) is 0 Å². The van der Waals surface area contributed by atoms with Crippen LogP contribution in [0.25, 0.3) is 0 Å². The lowest BCUT2D eigenvalue weighted by Crippen LogP contribution is -2.47. The van der Waals surface area contributed by atoms with E-state index in [2.05, 4.69) is 0 Å². The summed E-state index contributed by atoms with van der Waals surface area (Å²) in [4.78, 5) is 0. The fourth-order valence-corrected chi connectivity index (χ4v) is 1.89. The van der Waals surface area contributed by atoms with Gasteiger partial charge in [-0.15, -0.1) is 0 Å². The molecule has 0 radical (unpaired) electrons. The maximum Gasteiger partial charge on any atom is 0.0675 e. The van der Waals surface area contributed by atoms with Crippen LogP contribution in [0.5, 0.6) is 0 Å². The quantitative estimate of drug-likeness (QED) is 0.567. The summed E-state index contributed by atoms with van der Waals surface area (Å²) in [5, 5.41) is 9.73. The second-order valence-electron chi connectivity index (χ2n) is 3.58. The largest absolute Gasteiger partial charge is 0.390 e. The zero-order chi connectivity index (χ0) is 6.32. The molecule has 0 aliphatic heterocycles. The van der Waals surface area contributed by atoms with Crippen LogP contribution < -0.4 is 0 Å². The molecule has 2 aliphatic rings. The van der Waals surface area contributed by atoms with Crippen LogP contribution in [0, 0.1) is 5.92 Å². The molecule has 2 fully saturated rings. The minimum Gasteiger partial charge on any atom is -0.390 e. The zero-order valence-corrected chi connectivity index (χ0v) is 5.77. The van der Waals surface area contributed by atoms with Gasteiger partial charge in [-0.1, -0.05) is 6.42 Å². The molecular weight excluding hydrogens is 112 g/mol. The monoisotopic (exact) mass is 126 g/mol. The molecule has 1 nitrogen and oxygen atoms in total. The van der Waals surface area contributed by atoms with Gasteiger partial charge >= 0.3 is 0 Å². The van der Waals surface area contributed by atoms with Crippen molar-refractivity contribution in [1.29, 1.82) is 0 Å². The standard InChI is InChI=1S/C8H14O/c9-8(5-2-6-8)7-3-1-4-7/h7,9H,1-6H2. The predicted octanol–water partition coefficient (Wildman–Crippen LogP) is 1.70. The van der Waals surface area contributed by atoms with Gasteiger partial charge in [-0.2, -0.15) is 0 Å². The third-order valence-corrected chi connectivity index (χ3v) is 3.08. The van der Waals surface area contributed by atoms with E-state index in [0.717, 1.165) is 12.8 Å². The highest BCUT2D eigenvalue weighted by Gasteiger charge is 2.44. The highest BCUT2D eigenvalue weighted by atomic mass is 16.3. The first-order valence-electron chi connectivity index (χ1n) is 4.04. The van der Waals surface area contributed by atoms with Crippen molar-refractivity contribution in [2.75, 3.05) is 0 Å². The summed E-state index contributed by atoms with van der Waals surface area (Å²) in [6, 6.07) is 0. The summed E-state index contributed by atoms with van der Waals surface area (Å²) in [5.41, 5.74) is -0.182. The Labute approximate surface area is 56.1 Å². The van der Waals surface area contributed by atoms with Crippen molar-refractivity contribution in [2.45, 2.75) is 44.1 Å². The summed E-state index contributed by atoms with van der Waals surface area (Å²) < 4.78 is 0. The smallest absolute Gasteiger partial charge is 0.0675 e. The van der Waals surface area contributed by atoms with Crippen LogP contribution >= 0.6 is 0 Å². The van der Waals surface area contributed by atoms with Gasteiger partial charge < -0.3 is 5.11 Å². The molecule has 0 heterocycles. The topological polar surface area (TPSA) is 20.2 Å². The summed E-state index contributed by atoms with van der Waals surface area (Å²) in [6.45, 7) is 0. The summed E-state index contributed by atoms with van der Waals surface area (Å²) in [5.74, 6) is 0.686. The minimum atomic E-state index is -0.182. The second-order valence-corrected chi connectivity index (χ2v) is 3.58. The first-order chi connectivity index (χ1) is 4.31. The highest BCUT2D eigenvalue weighted by Crippen LogP contribution is 2.46. The van der Waals surface area contributed by atoms with Crippen LogP contribution in [0.3, 0.4) is 0 Å². The molecule has 9 heavy (non-hydrogen) atoms. The molecule has 0 aromatic carbocycles. The molecule has 0 bridgehead atoms. The number of aliphatic hydroxyl groups is 1. The first-order valence-corrected chi connectivity index (χ1v) is 4.04. The van der Waals surface area contributed by atoms with Gasteiger partial charge in [0.25, 0.3) is 0 Å². The maximum absolute atomic E-state index is 9.73. The Balaban J connectivity index is 1.94. The van der Waals surface area contributed by atoms with Gasteiger partial charge in [0.1, 0.15) is 0 Å². The summed E-state index contributed by atoms with van der Waals surface area (Å²) >= 11 is 0. The van der Waals surface area contributed by atoms with Crippen LogP contribution in [0.1, 0.15) is 38.5 Å². The van der Waals surface area contributed by atoms with Crippen LogP contribution in [-0.2, 0) is 0 Å². The van der Waals surface area contributed by atoms with Crippen LogP contribution in [-0.4, -0.2) is 10.7 Å². The van der Waals surface area contributed by atoms with E-state index in [9.17, 15) is 5.11 Å². The van der Waals surface area contributed by atoms with E-state index in [-0.39, 0.29) is 5.60 Å². The molecule has 0 amide bonds. The fourth-order valence-electron chi connectivity index (χ4n) is 1.89. The van der Waals surface area contributed by atoms with Crippen molar-refractivity contribution in [1.82, 2.24) is 0 Å². The number of hydrogen-bond donors (Lipinski definition) is 1. The Bertz CT molecular complexity index is 112. The van der Waals surface area contributed by atoms with Crippen LogP contribution in [0.4, 0.5) is 0 Å². The molecular formula is C8H14O.